The molecular weight excluding hydrogens is 368 g/mol. The van der Waals surface area contributed by atoms with Crippen LogP contribution in [0.1, 0.15) is 0 Å². The Labute approximate surface area is 149 Å². The van der Waals surface area contributed by atoms with Crippen LogP contribution in [-0.2, 0) is 0 Å². The Bertz CT molecular complexity index is 1230. The summed E-state index contributed by atoms with van der Waals surface area (Å²) < 4.78 is 15.9. The number of aromatic nitrogens is 3. The van der Waals surface area contributed by atoms with Gasteiger partial charge in [-0.1, -0.05) is 35.3 Å². The number of aromatic amines is 1. The van der Waals surface area contributed by atoms with Crippen LogP contribution in [0.5, 0.6) is 0 Å². The highest BCUT2D eigenvalue weighted by Gasteiger charge is 2.21. The lowest BCUT2D eigenvalue weighted by molar-refractivity contribution is 0.619. The molecular formula is C17H8Cl2FN3O2. The average Bonchev–Trinajstić information content (AvgIpc) is 2.54. The Morgan fingerprint density at radius 3 is 2.64 bits per heavy atom. The van der Waals surface area contributed by atoms with E-state index in [1.54, 1.807) is 24.3 Å². The number of halogens is 3. The maximum absolute atomic E-state index is 14.6. The molecule has 0 bridgehead atoms. The summed E-state index contributed by atoms with van der Waals surface area (Å²) in [6.45, 7) is 0. The van der Waals surface area contributed by atoms with Crippen molar-refractivity contribution in [3.63, 3.8) is 0 Å². The smallest absolute Gasteiger partial charge is 0.289 e. The zero-order chi connectivity index (χ0) is 17.7. The first kappa shape index (κ1) is 15.8. The molecule has 0 spiro atoms. The van der Waals surface area contributed by atoms with E-state index in [9.17, 15) is 14.0 Å². The average molecular weight is 376 g/mol. The predicted octanol–water partition coefficient (Wildman–Crippen LogP) is 3.62. The van der Waals surface area contributed by atoms with Crippen LogP contribution >= 0.6 is 23.2 Å². The van der Waals surface area contributed by atoms with Crippen LogP contribution < -0.4 is 11.2 Å². The van der Waals surface area contributed by atoms with Crippen LogP contribution in [0, 0.1) is 5.82 Å². The quantitative estimate of drug-likeness (QED) is 0.516. The van der Waals surface area contributed by atoms with Crippen molar-refractivity contribution in [2.24, 2.45) is 0 Å². The van der Waals surface area contributed by atoms with Crippen LogP contribution in [0.3, 0.4) is 0 Å². The van der Waals surface area contributed by atoms with Gasteiger partial charge in [0.2, 0.25) is 0 Å². The number of fused-ring (bicyclic) bond motifs is 2. The fourth-order valence-corrected chi connectivity index (χ4v) is 3.22. The summed E-state index contributed by atoms with van der Waals surface area (Å²) in [5.41, 5.74) is -0.795. The minimum absolute atomic E-state index is 0.00979. The number of pyridine rings is 1. The first-order valence-electron chi connectivity index (χ1n) is 7.15. The molecule has 0 fully saturated rings. The molecule has 0 saturated carbocycles. The largest absolute Gasteiger partial charge is 0.349 e. The van der Waals surface area contributed by atoms with Crippen LogP contribution in [0.2, 0.25) is 10.0 Å². The van der Waals surface area contributed by atoms with Gasteiger partial charge in [-0.25, -0.2) is 9.18 Å². The highest BCUT2D eigenvalue weighted by molar-refractivity contribution is 6.35. The molecule has 0 unspecified atom stereocenters. The van der Waals surface area contributed by atoms with E-state index in [1.807, 2.05) is 0 Å². The van der Waals surface area contributed by atoms with E-state index in [0.717, 1.165) is 6.07 Å². The number of nitrogens with zero attached hydrogens (tertiary/aromatic N) is 2. The van der Waals surface area contributed by atoms with E-state index in [1.165, 1.54) is 16.7 Å². The fourth-order valence-electron chi connectivity index (χ4n) is 2.79. The fraction of sp³-hybridized carbons (Fsp3) is 0. The van der Waals surface area contributed by atoms with Crippen LogP contribution in [0.25, 0.3) is 28.0 Å². The topological polar surface area (TPSA) is 67.8 Å². The normalized spacial score (nSPS) is 11.3. The third kappa shape index (κ3) is 2.50. The molecule has 1 N–H and O–H groups in total. The molecule has 124 valence electrons. The van der Waals surface area contributed by atoms with E-state index in [0.29, 0.717) is 15.9 Å². The van der Waals surface area contributed by atoms with Gasteiger partial charge in [0.25, 0.3) is 5.56 Å². The Kier molecular flexibility index (Phi) is 3.59. The lowest BCUT2D eigenvalue weighted by Gasteiger charge is -2.18. The molecule has 0 aliphatic carbocycles. The third-order valence-electron chi connectivity index (χ3n) is 3.82. The lowest BCUT2D eigenvalue weighted by atomic mass is 10.1. The van der Waals surface area contributed by atoms with Crippen molar-refractivity contribution in [3.05, 3.63) is 79.2 Å². The molecule has 4 rings (SSSR count). The van der Waals surface area contributed by atoms with Crippen molar-refractivity contribution in [1.82, 2.24) is 14.5 Å². The lowest BCUT2D eigenvalue weighted by Crippen LogP contribution is -2.27. The second-order valence-electron chi connectivity index (χ2n) is 5.36. The van der Waals surface area contributed by atoms with E-state index in [4.69, 9.17) is 23.2 Å². The van der Waals surface area contributed by atoms with Gasteiger partial charge in [0, 0.05) is 10.4 Å². The molecule has 2 aromatic rings. The van der Waals surface area contributed by atoms with Gasteiger partial charge in [-0.05, 0) is 30.3 Å². The van der Waals surface area contributed by atoms with Crippen LogP contribution in [0.4, 0.5) is 4.39 Å². The number of benzene rings is 2. The van der Waals surface area contributed by atoms with Gasteiger partial charge in [0.15, 0.2) is 5.82 Å². The molecule has 8 heteroatoms. The molecule has 25 heavy (non-hydrogen) atoms. The van der Waals surface area contributed by atoms with Gasteiger partial charge in [0.05, 0.1) is 21.8 Å². The van der Waals surface area contributed by atoms with Crippen molar-refractivity contribution in [2.45, 2.75) is 0 Å². The summed E-state index contributed by atoms with van der Waals surface area (Å²) in [4.78, 5) is 29.9. The summed E-state index contributed by atoms with van der Waals surface area (Å²) in [6.07, 6.45) is 0. The highest BCUT2D eigenvalue weighted by atomic mass is 35.5. The minimum atomic E-state index is -0.827. The minimum Gasteiger partial charge on any atom is -0.289 e. The van der Waals surface area contributed by atoms with Gasteiger partial charge in [0.1, 0.15) is 5.82 Å². The molecule has 0 atom stereocenters. The molecule has 0 aromatic heterocycles. The summed E-state index contributed by atoms with van der Waals surface area (Å²) in [7, 11) is 0. The number of H-pyrrole nitrogens is 1. The Balaban J connectivity index is 2.30. The Hall–Kier alpha value is -2.70. The molecule has 0 radical (unpaired) electrons. The SMILES string of the molecule is O=c1nc2n(-c3ccc(Cl)cc3F)c3c(Cl)cccc3cc-2c(=O)[nH]1. The summed E-state index contributed by atoms with van der Waals surface area (Å²) >= 11 is 12.1. The number of rotatable bonds is 1. The van der Waals surface area contributed by atoms with E-state index < -0.39 is 17.1 Å². The van der Waals surface area contributed by atoms with E-state index in [2.05, 4.69) is 9.97 Å². The summed E-state index contributed by atoms with van der Waals surface area (Å²) in [6, 6.07) is 10.7. The van der Waals surface area contributed by atoms with Crippen molar-refractivity contribution in [1.29, 1.82) is 0 Å². The summed E-state index contributed by atoms with van der Waals surface area (Å²) in [5, 5.41) is 1.14. The molecule has 0 saturated heterocycles. The maximum Gasteiger partial charge on any atom is 0.349 e. The monoisotopic (exact) mass is 375 g/mol. The van der Waals surface area contributed by atoms with Gasteiger partial charge in [-0.2, -0.15) is 4.98 Å². The molecule has 2 aliphatic rings. The number of para-hydroxylation sites is 1. The van der Waals surface area contributed by atoms with Gasteiger partial charge in [-0.15, -0.1) is 0 Å². The molecule has 2 heterocycles. The second-order valence-corrected chi connectivity index (χ2v) is 6.21. The molecule has 2 aromatic carbocycles. The van der Waals surface area contributed by atoms with Crippen molar-refractivity contribution < 1.29 is 4.39 Å². The zero-order valence-corrected chi connectivity index (χ0v) is 13.9. The van der Waals surface area contributed by atoms with Crippen molar-refractivity contribution >= 4 is 34.1 Å². The zero-order valence-electron chi connectivity index (χ0n) is 12.4. The van der Waals surface area contributed by atoms with Crippen molar-refractivity contribution in [2.75, 3.05) is 0 Å². The second kappa shape index (κ2) is 5.68. The van der Waals surface area contributed by atoms with Crippen molar-refractivity contribution in [3.8, 4) is 17.1 Å². The molecule has 2 aliphatic heterocycles. The van der Waals surface area contributed by atoms with Gasteiger partial charge in [-0.3, -0.25) is 14.3 Å². The molecule has 0 amide bonds. The highest BCUT2D eigenvalue weighted by Crippen LogP contribution is 2.33. The number of hydrogen-bond donors (Lipinski definition) is 1. The van der Waals surface area contributed by atoms with Gasteiger partial charge >= 0.3 is 5.69 Å². The standard InChI is InChI=1S/C17H8Cl2FN3O2/c18-9-4-5-13(12(20)7-9)23-14-8(2-1-3-11(14)19)6-10-15(23)21-17(25)22-16(10)24/h1-7H,(H,22,24,25). The third-order valence-corrected chi connectivity index (χ3v) is 4.36. The van der Waals surface area contributed by atoms with Gasteiger partial charge < -0.3 is 0 Å². The van der Waals surface area contributed by atoms with Crippen LogP contribution in [0.15, 0.2) is 52.1 Å². The Morgan fingerprint density at radius 2 is 1.88 bits per heavy atom. The van der Waals surface area contributed by atoms with Crippen LogP contribution in [-0.4, -0.2) is 14.5 Å². The van der Waals surface area contributed by atoms with E-state index in [-0.39, 0.29) is 22.1 Å². The summed E-state index contributed by atoms with van der Waals surface area (Å²) in [5.74, 6) is -0.628. The number of hydrogen-bond acceptors (Lipinski definition) is 3. The first-order chi connectivity index (χ1) is 12.0. The molecule has 5 nitrogen and oxygen atoms in total. The predicted molar refractivity (Wildman–Crippen MR) is 94.6 cm³/mol. The Morgan fingerprint density at radius 1 is 1.08 bits per heavy atom. The maximum atomic E-state index is 14.6. The number of nitrogens with one attached hydrogen (secondary N) is 1. The first-order valence-corrected chi connectivity index (χ1v) is 7.91. The van der Waals surface area contributed by atoms with E-state index >= 15 is 0 Å².